The molecule has 104 valence electrons. The van der Waals surface area contributed by atoms with Gasteiger partial charge in [0.15, 0.2) is 0 Å². The van der Waals surface area contributed by atoms with Crippen molar-refractivity contribution in [1.29, 1.82) is 0 Å². The molecule has 0 amide bonds. The Hall–Kier alpha value is -0.280. The van der Waals surface area contributed by atoms with E-state index in [1.54, 1.807) is 0 Å². The standard InChI is InChI=1S/C14H25ClNO2/c1-2-18-13(17)9-14(10-16-15)7-11-5-3-4-6-12(11)8-14/h11-12,15-16H,2-10H2,1H3/q+1/t11-,12+,14?. The molecule has 0 heterocycles. The molecule has 2 aliphatic rings. The summed E-state index contributed by atoms with van der Waals surface area (Å²) in [5.41, 5.74) is 0.0632. The van der Waals surface area contributed by atoms with Crippen molar-refractivity contribution in [3.05, 3.63) is 0 Å². The molecule has 0 aromatic rings. The molecular weight excluding hydrogens is 250 g/mol. The lowest BCUT2D eigenvalue weighted by Gasteiger charge is -2.26. The molecule has 18 heavy (non-hydrogen) atoms. The molecule has 2 fully saturated rings. The highest BCUT2D eigenvalue weighted by atomic mass is 35.5. The van der Waals surface area contributed by atoms with Crippen LogP contribution in [0.4, 0.5) is 0 Å². The number of ether oxygens (including phenoxy) is 1. The first-order valence-corrected chi connectivity index (χ1v) is 7.60. The van der Waals surface area contributed by atoms with Crippen molar-refractivity contribution in [1.82, 2.24) is 4.84 Å². The quantitative estimate of drug-likeness (QED) is 0.618. The summed E-state index contributed by atoms with van der Waals surface area (Å²) in [6, 6.07) is 0. The highest BCUT2D eigenvalue weighted by molar-refractivity contribution is 5.70. The van der Waals surface area contributed by atoms with Crippen LogP contribution < -0.4 is 4.84 Å². The summed E-state index contributed by atoms with van der Waals surface area (Å²) in [6.07, 6.45) is 8.24. The molecule has 2 saturated carbocycles. The summed E-state index contributed by atoms with van der Waals surface area (Å²) >= 11 is 4.94. The Balaban J connectivity index is 2.01. The van der Waals surface area contributed by atoms with Gasteiger partial charge in [0.25, 0.3) is 0 Å². The number of fused-ring (bicyclic) bond motifs is 1. The SMILES string of the molecule is CCOC(=O)CC1(CN[ClH+])C[C@H]2CCCC[C@H]2C1. The van der Waals surface area contributed by atoms with Gasteiger partial charge in [-0.3, -0.25) is 4.79 Å². The van der Waals surface area contributed by atoms with Gasteiger partial charge in [-0.25, -0.2) is 0 Å². The molecule has 2 rings (SSSR count). The number of carbonyl (C=O) groups is 1. The molecule has 4 heteroatoms. The van der Waals surface area contributed by atoms with Crippen LogP contribution in [0.2, 0.25) is 0 Å². The van der Waals surface area contributed by atoms with E-state index in [0.29, 0.717) is 13.0 Å². The van der Waals surface area contributed by atoms with Gasteiger partial charge in [0.2, 0.25) is 11.8 Å². The highest BCUT2D eigenvalue weighted by Gasteiger charge is 2.47. The summed E-state index contributed by atoms with van der Waals surface area (Å²) in [5.74, 6) is 1.58. The smallest absolute Gasteiger partial charge is 0.306 e. The minimum atomic E-state index is -0.0543. The van der Waals surface area contributed by atoms with Gasteiger partial charge in [0, 0.05) is 0 Å². The zero-order valence-corrected chi connectivity index (χ0v) is 12.1. The predicted molar refractivity (Wildman–Crippen MR) is 67.8 cm³/mol. The van der Waals surface area contributed by atoms with Crippen LogP contribution in [0.3, 0.4) is 0 Å². The van der Waals surface area contributed by atoms with Crippen LogP contribution in [0.25, 0.3) is 0 Å². The molecule has 0 aromatic heterocycles. The van der Waals surface area contributed by atoms with Crippen LogP contribution in [-0.4, -0.2) is 19.1 Å². The van der Waals surface area contributed by atoms with Gasteiger partial charge in [-0.2, -0.15) is 0 Å². The largest absolute Gasteiger partial charge is 0.466 e. The van der Waals surface area contributed by atoms with Gasteiger partial charge in [0.1, 0.15) is 0 Å². The van der Waals surface area contributed by atoms with E-state index in [-0.39, 0.29) is 11.4 Å². The number of hydrogen-bond donors (Lipinski definition) is 1. The maximum Gasteiger partial charge on any atom is 0.306 e. The second kappa shape index (κ2) is 6.25. The lowest BCUT2D eigenvalue weighted by molar-refractivity contribution is -0.446. The molecular formula is C14H25ClNO2+. The fraction of sp³-hybridized carbons (Fsp3) is 0.929. The average Bonchev–Trinajstić information content (AvgIpc) is 2.67. The van der Waals surface area contributed by atoms with Gasteiger partial charge in [0.05, 0.1) is 19.6 Å². The minimum Gasteiger partial charge on any atom is -0.466 e. The van der Waals surface area contributed by atoms with E-state index in [1.165, 1.54) is 25.7 Å². The van der Waals surface area contributed by atoms with Crippen molar-refractivity contribution >= 4 is 5.97 Å². The van der Waals surface area contributed by atoms with E-state index in [4.69, 9.17) is 16.5 Å². The summed E-state index contributed by atoms with van der Waals surface area (Å²) in [7, 11) is 0. The van der Waals surface area contributed by atoms with Crippen LogP contribution in [0.5, 0.6) is 0 Å². The zero-order valence-electron chi connectivity index (χ0n) is 11.2. The highest BCUT2D eigenvalue weighted by Crippen LogP contribution is 2.53. The van der Waals surface area contributed by atoms with Crippen LogP contribution >= 0.6 is 0 Å². The average molecular weight is 275 g/mol. The van der Waals surface area contributed by atoms with Crippen molar-refractivity contribution in [2.75, 3.05) is 13.2 Å². The normalized spacial score (nSPS) is 35.2. The van der Waals surface area contributed by atoms with E-state index < -0.39 is 0 Å². The topological polar surface area (TPSA) is 38.3 Å². The number of halogens is 1. The summed E-state index contributed by atoms with van der Waals surface area (Å²) < 4.78 is 5.13. The maximum atomic E-state index is 11.8. The molecule has 3 atom stereocenters. The Bertz CT molecular complexity index is 282. The van der Waals surface area contributed by atoms with E-state index in [1.807, 2.05) is 6.92 Å². The number of hydrogen-bond acceptors (Lipinski definition) is 3. The molecule has 0 aromatic carbocycles. The molecule has 0 aliphatic heterocycles. The van der Waals surface area contributed by atoms with Crippen molar-refractivity contribution in [3.8, 4) is 0 Å². The van der Waals surface area contributed by atoms with Crippen molar-refractivity contribution in [2.24, 2.45) is 17.3 Å². The van der Waals surface area contributed by atoms with Crippen LogP contribution in [0, 0.1) is 29.0 Å². The molecule has 3 nitrogen and oxygen atoms in total. The van der Waals surface area contributed by atoms with E-state index >= 15 is 0 Å². The fourth-order valence-corrected chi connectivity index (χ4v) is 4.35. The lowest BCUT2D eigenvalue weighted by atomic mass is 9.81. The van der Waals surface area contributed by atoms with Gasteiger partial charge in [-0.05, 0) is 37.0 Å². The third-order valence-corrected chi connectivity index (χ3v) is 4.87. The van der Waals surface area contributed by atoms with Gasteiger partial charge < -0.3 is 4.74 Å². The third kappa shape index (κ3) is 3.18. The van der Waals surface area contributed by atoms with Crippen LogP contribution in [-0.2, 0) is 9.53 Å². The molecule has 0 spiro atoms. The first-order chi connectivity index (χ1) is 8.69. The second-order valence-electron chi connectivity index (χ2n) is 6.02. The Labute approximate surface area is 115 Å². The molecule has 2 aliphatic carbocycles. The summed E-state index contributed by atoms with van der Waals surface area (Å²) in [6.45, 7) is 3.11. The van der Waals surface area contributed by atoms with Gasteiger partial charge in [-0.15, -0.1) is 0 Å². The van der Waals surface area contributed by atoms with E-state index in [2.05, 4.69) is 4.84 Å². The number of rotatable bonds is 5. The van der Waals surface area contributed by atoms with Crippen LogP contribution in [0.15, 0.2) is 0 Å². The van der Waals surface area contributed by atoms with E-state index in [0.717, 1.165) is 31.2 Å². The monoisotopic (exact) mass is 274 g/mol. The van der Waals surface area contributed by atoms with E-state index in [9.17, 15) is 4.79 Å². The minimum absolute atomic E-state index is 0.0543. The fourth-order valence-electron chi connectivity index (χ4n) is 4.04. The maximum absolute atomic E-state index is 11.8. The number of nitrogens with one attached hydrogen (secondary N) is 1. The number of esters is 1. The van der Waals surface area contributed by atoms with Crippen molar-refractivity contribution in [2.45, 2.75) is 51.9 Å². The van der Waals surface area contributed by atoms with Gasteiger partial charge in [-0.1, -0.05) is 30.5 Å². The Morgan fingerprint density at radius 2 is 1.94 bits per heavy atom. The van der Waals surface area contributed by atoms with Gasteiger partial charge >= 0.3 is 5.97 Å². The van der Waals surface area contributed by atoms with Crippen molar-refractivity contribution < 1.29 is 21.3 Å². The Morgan fingerprint density at radius 1 is 1.33 bits per heavy atom. The first-order valence-electron chi connectivity index (χ1n) is 7.20. The molecule has 0 saturated heterocycles. The third-order valence-electron chi connectivity index (χ3n) is 4.73. The summed E-state index contributed by atoms with van der Waals surface area (Å²) in [4.78, 5) is 14.7. The molecule has 1 unspecified atom stereocenters. The molecule has 0 bridgehead atoms. The zero-order chi connectivity index (χ0) is 13.0. The second-order valence-corrected chi connectivity index (χ2v) is 6.30. The first kappa shape index (κ1) is 14.1. The molecule has 1 N–H and O–H groups in total. The Morgan fingerprint density at radius 3 is 2.44 bits per heavy atom. The van der Waals surface area contributed by atoms with Crippen molar-refractivity contribution in [3.63, 3.8) is 0 Å². The lowest BCUT2D eigenvalue weighted by Crippen LogP contribution is -2.33. The van der Waals surface area contributed by atoms with Crippen LogP contribution in [0.1, 0.15) is 51.9 Å². The summed E-state index contributed by atoms with van der Waals surface area (Å²) in [5, 5.41) is 0. The molecule has 0 radical (unpaired) electrons. The Kier molecular flexibility index (Phi) is 4.91. The number of carbonyl (C=O) groups excluding carboxylic acids is 1. The predicted octanol–water partition coefficient (Wildman–Crippen LogP) is 2.31.